The van der Waals surface area contributed by atoms with E-state index in [1.807, 2.05) is 6.92 Å². The van der Waals surface area contributed by atoms with Gasteiger partial charge in [-0.1, -0.05) is 35.3 Å². The van der Waals surface area contributed by atoms with Crippen molar-refractivity contribution in [2.45, 2.75) is 6.92 Å². The summed E-state index contributed by atoms with van der Waals surface area (Å²) >= 11 is 12.3. The van der Waals surface area contributed by atoms with E-state index in [0.717, 1.165) is 5.56 Å². The van der Waals surface area contributed by atoms with Crippen molar-refractivity contribution in [1.29, 1.82) is 0 Å². The third-order valence-electron chi connectivity index (χ3n) is 3.73. The van der Waals surface area contributed by atoms with Gasteiger partial charge < -0.3 is 15.4 Å². The number of carbonyl (C=O) groups excluding carboxylic acids is 2. The molecule has 144 valence electrons. The lowest BCUT2D eigenvalue weighted by Gasteiger charge is -2.17. The van der Waals surface area contributed by atoms with Crippen molar-refractivity contribution in [1.82, 2.24) is 4.90 Å². The predicted molar refractivity (Wildman–Crippen MR) is 109 cm³/mol. The average molecular weight is 410 g/mol. The zero-order valence-electron chi connectivity index (χ0n) is 15.3. The number of methoxy groups -OCH3 is 1. The molecule has 0 aliphatic rings. The Morgan fingerprint density at radius 3 is 2.41 bits per heavy atom. The summed E-state index contributed by atoms with van der Waals surface area (Å²) in [5.74, 6) is 0.0821. The Hall–Kier alpha value is -2.28. The molecule has 0 aliphatic carbocycles. The molecular formula is C19H21Cl2N3O3. The molecule has 0 saturated carbocycles. The molecule has 0 radical (unpaired) electrons. The molecule has 2 amide bonds. The van der Waals surface area contributed by atoms with Gasteiger partial charge in [0.25, 0.3) is 0 Å². The lowest BCUT2D eigenvalue weighted by Crippen LogP contribution is -2.36. The second-order valence-electron chi connectivity index (χ2n) is 6.05. The SMILES string of the molecule is COc1cccc(NC(=O)CN(C)CC(=O)Nc2c(Cl)ccc(C)c2Cl)c1. The number of ether oxygens (including phenoxy) is 1. The van der Waals surface area contributed by atoms with Gasteiger partial charge in [0.2, 0.25) is 11.8 Å². The van der Waals surface area contributed by atoms with Crippen LogP contribution in [-0.2, 0) is 9.59 Å². The summed E-state index contributed by atoms with van der Waals surface area (Å²) in [6.45, 7) is 1.87. The highest BCUT2D eigenvalue weighted by Crippen LogP contribution is 2.32. The first-order chi connectivity index (χ1) is 12.8. The van der Waals surface area contributed by atoms with E-state index in [9.17, 15) is 9.59 Å². The summed E-state index contributed by atoms with van der Waals surface area (Å²) in [5, 5.41) is 6.21. The Kier molecular flexibility index (Phi) is 7.47. The highest BCUT2D eigenvalue weighted by Gasteiger charge is 2.15. The van der Waals surface area contributed by atoms with E-state index in [-0.39, 0.29) is 24.9 Å². The molecule has 0 aliphatic heterocycles. The molecule has 2 aromatic rings. The van der Waals surface area contributed by atoms with Crippen LogP contribution in [0.1, 0.15) is 5.56 Å². The minimum absolute atomic E-state index is 0.00608. The first-order valence-corrected chi connectivity index (χ1v) is 8.92. The van der Waals surface area contributed by atoms with Crippen molar-refractivity contribution in [2.24, 2.45) is 0 Å². The number of hydrogen-bond acceptors (Lipinski definition) is 4. The lowest BCUT2D eigenvalue weighted by atomic mass is 10.2. The zero-order valence-corrected chi connectivity index (χ0v) is 16.8. The van der Waals surface area contributed by atoms with Gasteiger partial charge in [-0.15, -0.1) is 0 Å². The second-order valence-corrected chi connectivity index (χ2v) is 6.84. The summed E-state index contributed by atoms with van der Waals surface area (Å²) in [7, 11) is 3.23. The van der Waals surface area contributed by atoms with Crippen LogP contribution in [0.15, 0.2) is 36.4 Å². The summed E-state index contributed by atoms with van der Waals surface area (Å²) in [5.41, 5.74) is 1.80. The third-order valence-corrected chi connectivity index (χ3v) is 4.53. The number of carbonyl (C=O) groups is 2. The third kappa shape index (κ3) is 6.13. The molecule has 2 N–H and O–H groups in total. The Morgan fingerprint density at radius 1 is 1.07 bits per heavy atom. The number of aryl methyl sites for hydroxylation is 1. The van der Waals surface area contributed by atoms with Gasteiger partial charge in [0.1, 0.15) is 5.75 Å². The maximum Gasteiger partial charge on any atom is 0.238 e. The number of rotatable bonds is 7. The van der Waals surface area contributed by atoms with Crippen molar-refractivity contribution < 1.29 is 14.3 Å². The quantitative estimate of drug-likeness (QED) is 0.728. The fourth-order valence-corrected chi connectivity index (χ4v) is 2.86. The largest absolute Gasteiger partial charge is 0.497 e. The van der Waals surface area contributed by atoms with Crippen molar-refractivity contribution in [3.05, 3.63) is 52.0 Å². The van der Waals surface area contributed by atoms with Crippen LogP contribution >= 0.6 is 23.2 Å². The Labute approximate surface area is 168 Å². The van der Waals surface area contributed by atoms with Gasteiger partial charge in [0, 0.05) is 11.8 Å². The van der Waals surface area contributed by atoms with Crippen molar-refractivity contribution in [3.8, 4) is 5.75 Å². The van der Waals surface area contributed by atoms with Crippen LogP contribution in [0.2, 0.25) is 10.0 Å². The number of likely N-dealkylation sites (N-methyl/N-ethyl adjacent to an activating group) is 1. The Morgan fingerprint density at radius 2 is 1.74 bits per heavy atom. The summed E-state index contributed by atoms with van der Waals surface area (Å²) < 4.78 is 5.12. The van der Waals surface area contributed by atoms with Gasteiger partial charge in [-0.05, 0) is 37.7 Å². The summed E-state index contributed by atoms with van der Waals surface area (Å²) in [6.07, 6.45) is 0. The van der Waals surface area contributed by atoms with Gasteiger partial charge in [-0.25, -0.2) is 0 Å². The van der Waals surface area contributed by atoms with Gasteiger partial charge in [-0.2, -0.15) is 0 Å². The van der Waals surface area contributed by atoms with Crippen LogP contribution in [0, 0.1) is 6.92 Å². The zero-order chi connectivity index (χ0) is 20.0. The first-order valence-electron chi connectivity index (χ1n) is 8.17. The lowest BCUT2D eigenvalue weighted by molar-refractivity contribution is -0.119. The van der Waals surface area contributed by atoms with Crippen LogP contribution in [-0.4, -0.2) is 44.0 Å². The molecule has 0 unspecified atom stereocenters. The van der Waals surface area contributed by atoms with Crippen LogP contribution < -0.4 is 15.4 Å². The molecule has 2 rings (SSSR count). The number of amides is 2. The number of halogens is 2. The molecule has 8 heteroatoms. The maximum atomic E-state index is 12.2. The van der Waals surface area contributed by atoms with Crippen LogP contribution in [0.3, 0.4) is 0 Å². The van der Waals surface area contributed by atoms with Crippen molar-refractivity contribution in [2.75, 3.05) is 37.9 Å². The molecule has 2 aromatic carbocycles. The van der Waals surface area contributed by atoms with Gasteiger partial charge in [0.15, 0.2) is 0 Å². The molecule has 27 heavy (non-hydrogen) atoms. The summed E-state index contributed by atoms with van der Waals surface area (Å²) in [4.78, 5) is 26.0. The van der Waals surface area contributed by atoms with E-state index in [1.165, 1.54) is 0 Å². The molecule has 0 aromatic heterocycles. The standard InChI is InChI=1S/C19H21Cl2N3O3/c1-12-7-8-15(20)19(18(12)21)23-17(26)11-24(2)10-16(25)22-13-5-4-6-14(9-13)27-3/h4-9H,10-11H2,1-3H3,(H,22,25)(H,23,26). The monoisotopic (exact) mass is 409 g/mol. The number of nitrogens with zero attached hydrogens (tertiary/aromatic N) is 1. The Bertz CT molecular complexity index is 843. The van der Waals surface area contributed by atoms with Crippen LogP contribution in [0.5, 0.6) is 5.75 Å². The molecule has 0 atom stereocenters. The van der Waals surface area contributed by atoms with Gasteiger partial charge in [0.05, 0.1) is 35.9 Å². The molecule has 0 bridgehead atoms. The highest BCUT2D eigenvalue weighted by atomic mass is 35.5. The van der Waals surface area contributed by atoms with E-state index in [4.69, 9.17) is 27.9 Å². The van der Waals surface area contributed by atoms with E-state index in [1.54, 1.807) is 55.5 Å². The molecule has 6 nitrogen and oxygen atoms in total. The highest BCUT2D eigenvalue weighted by molar-refractivity contribution is 6.40. The van der Waals surface area contributed by atoms with E-state index < -0.39 is 0 Å². The number of benzene rings is 2. The second kappa shape index (κ2) is 9.60. The van der Waals surface area contributed by atoms with Crippen molar-refractivity contribution in [3.63, 3.8) is 0 Å². The molecule has 0 heterocycles. The maximum absolute atomic E-state index is 12.2. The average Bonchev–Trinajstić information content (AvgIpc) is 2.61. The normalized spacial score (nSPS) is 10.6. The molecule has 0 saturated heterocycles. The number of anilines is 2. The van der Waals surface area contributed by atoms with Crippen molar-refractivity contribution >= 4 is 46.4 Å². The van der Waals surface area contributed by atoms with E-state index in [0.29, 0.717) is 27.2 Å². The first kappa shape index (κ1) is 21.0. The number of hydrogen-bond donors (Lipinski definition) is 2. The Balaban J connectivity index is 1.89. The molecular weight excluding hydrogens is 389 g/mol. The van der Waals surface area contributed by atoms with E-state index >= 15 is 0 Å². The van der Waals surface area contributed by atoms with Crippen LogP contribution in [0.4, 0.5) is 11.4 Å². The molecule has 0 spiro atoms. The van der Waals surface area contributed by atoms with E-state index in [2.05, 4.69) is 10.6 Å². The van der Waals surface area contributed by atoms with Crippen LogP contribution in [0.25, 0.3) is 0 Å². The fourth-order valence-electron chi connectivity index (χ4n) is 2.40. The minimum Gasteiger partial charge on any atom is -0.497 e. The van der Waals surface area contributed by atoms with Gasteiger partial charge in [-0.3, -0.25) is 14.5 Å². The minimum atomic E-state index is -0.318. The predicted octanol–water partition coefficient (Wildman–Crippen LogP) is 3.82. The van der Waals surface area contributed by atoms with Gasteiger partial charge >= 0.3 is 0 Å². The fraction of sp³-hybridized carbons (Fsp3) is 0.263. The topological polar surface area (TPSA) is 70.7 Å². The molecule has 0 fully saturated rings. The summed E-state index contributed by atoms with van der Waals surface area (Å²) in [6, 6.07) is 10.5. The smallest absolute Gasteiger partial charge is 0.238 e. The number of nitrogens with one attached hydrogen (secondary N) is 2.